The van der Waals surface area contributed by atoms with Crippen molar-refractivity contribution in [1.29, 1.82) is 0 Å². The van der Waals surface area contributed by atoms with Gasteiger partial charge in [0.1, 0.15) is 17.4 Å². The van der Waals surface area contributed by atoms with Gasteiger partial charge >= 0.3 is 6.36 Å². The number of ether oxygens (including phenoxy) is 1. The topological polar surface area (TPSA) is 78.9 Å². The van der Waals surface area contributed by atoms with Gasteiger partial charge in [-0.1, -0.05) is 37.3 Å². The molecule has 0 fully saturated rings. The molecule has 0 aliphatic heterocycles. The number of aliphatic hydroxyl groups excluding tert-OH is 1. The van der Waals surface area contributed by atoms with E-state index in [1.165, 1.54) is 19.1 Å². The highest BCUT2D eigenvalue weighted by Gasteiger charge is 2.34. The summed E-state index contributed by atoms with van der Waals surface area (Å²) < 4.78 is 112. The van der Waals surface area contributed by atoms with Gasteiger partial charge in [0, 0.05) is 6.07 Å². The third-order valence-electron chi connectivity index (χ3n) is 5.30. The van der Waals surface area contributed by atoms with Gasteiger partial charge in [-0.2, -0.15) is 0 Å². The largest absolute Gasteiger partial charge is 0.573 e. The number of amides is 2. The summed E-state index contributed by atoms with van der Waals surface area (Å²) in [5, 5.41) is 12.1. The van der Waals surface area contributed by atoms with Gasteiger partial charge in [0.25, 0.3) is 11.8 Å². The molecular weight excluding hydrogens is 544 g/mol. The zero-order valence-corrected chi connectivity index (χ0v) is 19.8. The van der Waals surface area contributed by atoms with Gasteiger partial charge < -0.3 is 20.1 Å². The number of carbonyl (C=O) groups is 2. The smallest absolute Gasteiger partial charge is 0.406 e. The SMILES string of the molecule is CCC(O)C(=O)N(Cc1ccccc1)c1cc(OC(F)(F)F)ccc1NC(=O)c1c(F)c(F)c(F)c(F)c1F. The minimum atomic E-state index is -5.19. The van der Waals surface area contributed by atoms with Crippen molar-refractivity contribution < 1.29 is 54.6 Å². The van der Waals surface area contributed by atoms with Gasteiger partial charge in [-0.15, -0.1) is 13.2 Å². The van der Waals surface area contributed by atoms with Crippen molar-refractivity contribution in [2.75, 3.05) is 10.2 Å². The number of anilines is 2. The molecule has 0 radical (unpaired) electrons. The van der Waals surface area contributed by atoms with Crippen LogP contribution in [0.1, 0.15) is 29.3 Å². The van der Waals surface area contributed by atoms with Crippen LogP contribution in [0.4, 0.5) is 46.5 Å². The molecule has 0 aliphatic rings. The van der Waals surface area contributed by atoms with Gasteiger partial charge in [0.15, 0.2) is 23.3 Å². The molecule has 0 spiro atoms. The first-order valence-corrected chi connectivity index (χ1v) is 11.0. The van der Waals surface area contributed by atoms with E-state index in [1.807, 2.05) is 5.32 Å². The molecule has 0 heterocycles. The molecule has 208 valence electrons. The lowest BCUT2D eigenvalue weighted by atomic mass is 10.1. The normalized spacial score (nSPS) is 12.2. The molecule has 3 aromatic rings. The van der Waals surface area contributed by atoms with E-state index in [0.717, 1.165) is 11.0 Å². The number of nitrogens with zero attached hydrogens (tertiary/aromatic N) is 1. The standard InChI is InChI=1S/C25H18F8N2O4/c1-2-16(36)24(38)35(11-12-6-4-3-5-7-12)15-10-13(39-25(31,32)33)8-9-14(15)34-23(37)17-18(26)20(28)22(30)21(29)19(17)27/h3-10,16,36H,2,11H2,1H3,(H,34,37). The summed E-state index contributed by atoms with van der Waals surface area (Å²) in [5.74, 6) is -16.0. The van der Waals surface area contributed by atoms with E-state index in [1.54, 1.807) is 18.2 Å². The Morgan fingerprint density at radius 2 is 1.49 bits per heavy atom. The van der Waals surface area contributed by atoms with Crippen molar-refractivity contribution >= 4 is 23.2 Å². The summed E-state index contributed by atoms with van der Waals surface area (Å²) in [4.78, 5) is 26.5. The van der Waals surface area contributed by atoms with Gasteiger partial charge in [0.2, 0.25) is 5.82 Å². The minimum absolute atomic E-state index is 0.130. The van der Waals surface area contributed by atoms with E-state index in [-0.39, 0.29) is 13.0 Å². The fourth-order valence-electron chi connectivity index (χ4n) is 3.43. The molecule has 0 aromatic heterocycles. The number of benzene rings is 3. The van der Waals surface area contributed by atoms with E-state index in [0.29, 0.717) is 17.7 Å². The molecule has 0 saturated carbocycles. The average Bonchev–Trinajstić information content (AvgIpc) is 2.89. The number of hydrogen-bond acceptors (Lipinski definition) is 4. The Kier molecular flexibility index (Phi) is 8.79. The minimum Gasteiger partial charge on any atom is -0.406 e. The summed E-state index contributed by atoms with van der Waals surface area (Å²) in [5.41, 5.74) is -2.59. The van der Waals surface area contributed by atoms with E-state index in [9.17, 15) is 49.8 Å². The fraction of sp³-hybridized carbons (Fsp3) is 0.200. The van der Waals surface area contributed by atoms with E-state index >= 15 is 0 Å². The molecule has 6 nitrogen and oxygen atoms in total. The third-order valence-corrected chi connectivity index (χ3v) is 5.30. The highest BCUT2D eigenvalue weighted by molar-refractivity contribution is 6.08. The van der Waals surface area contributed by atoms with E-state index in [4.69, 9.17) is 0 Å². The Bertz CT molecular complexity index is 1350. The predicted octanol–water partition coefficient (Wildman–Crippen LogP) is 5.84. The van der Waals surface area contributed by atoms with Gasteiger partial charge in [0.05, 0.1) is 17.9 Å². The molecule has 1 unspecified atom stereocenters. The van der Waals surface area contributed by atoms with Crippen LogP contribution in [0.2, 0.25) is 0 Å². The van der Waals surface area contributed by atoms with Gasteiger partial charge in [-0.3, -0.25) is 9.59 Å². The molecule has 39 heavy (non-hydrogen) atoms. The molecular formula is C25H18F8N2O4. The first-order chi connectivity index (χ1) is 18.2. The fourth-order valence-corrected chi connectivity index (χ4v) is 3.43. The molecule has 3 aromatic carbocycles. The zero-order chi connectivity index (χ0) is 29.1. The van der Waals surface area contributed by atoms with Gasteiger partial charge in [-0.05, 0) is 24.1 Å². The first kappa shape index (κ1) is 29.4. The Morgan fingerprint density at radius 1 is 0.923 bits per heavy atom. The van der Waals surface area contributed by atoms with Crippen LogP contribution in [0, 0.1) is 29.1 Å². The van der Waals surface area contributed by atoms with Crippen molar-refractivity contribution in [3.8, 4) is 5.75 Å². The Labute approximate surface area is 215 Å². The van der Waals surface area contributed by atoms with Crippen molar-refractivity contribution in [1.82, 2.24) is 0 Å². The monoisotopic (exact) mass is 562 g/mol. The second-order valence-electron chi connectivity index (χ2n) is 7.96. The molecule has 2 amide bonds. The van der Waals surface area contributed by atoms with Gasteiger partial charge in [-0.25, -0.2) is 22.0 Å². The summed E-state index contributed by atoms with van der Waals surface area (Å²) >= 11 is 0. The summed E-state index contributed by atoms with van der Waals surface area (Å²) in [6.45, 7) is 1.05. The van der Waals surface area contributed by atoms with Crippen LogP contribution in [0.15, 0.2) is 48.5 Å². The molecule has 0 bridgehead atoms. The van der Waals surface area contributed by atoms with Crippen molar-refractivity contribution in [3.05, 3.63) is 88.7 Å². The van der Waals surface area contributed by atoms with Crippen LogP contribution in [0.25, 0.3) is 0 Å². The van der Waals surface area contributed by atoms with Crippen LogP contribution >= 0.6 is 0 Å². The zero-order valence-electron chi connectivity index (χ0n) is 19.8. The Hall–Kier alpha value is -4.20. The van der Waals surface area contributed by atoms with Crippen molar-refractivity contribution in [2.45, 2.75) is 32.4 Å². The number of carbonyl (C=O) groups excluding carboxylic acids is 2. The quantitative estimate of drug-likeness (QED) is 0.206. The predicted molar refractivity (Wildman–Crippen MR) is 121 cm³/mol. The molecule has 14 heteroatoms. The number of nitrogens with one attached hydrogen (secondary N) is 1. The highest BCUT2D eigenvalue weighted by atomic mass is 19.4. The maximum absolute atomic E-state index is 14.2. The third kappa shape index (κ3) is 6.63. The second-order valence-corrected chi connectivity index (χ2v) is 7.96. The Morgan fingerprint density at radius 3 is 2.03 bits per heavy atom. The summed E-state index contributed by atoms with van der Waals surface area (Å²) in [7, 11) is 0. The van der Waals surface area contributed by atoms with Crippen molar-refractivity contribution in [2.24, 2.45) is 0 Å². The van der Waals surface area contributed by atoms with Crippen molar-refractivity contribution in [3.63, 3.8) is 0 Å². The number of hydrogen-bond donors (Lipinski definition) is 2. The lowest BCUT2D eigenvalue weighted by Crippen LogP contribution is -2.39. The lowest BCUT2D eigenvalue weighted by molar-refractivity contribution is -0.274. The number of rotatable bonds is 8. The van der Waals surface area contributed by atoms with Crippen LogP contribution in [-0.4, -0.2) is 29.4 Å². The molecule has 0 aliphatic carbocycles. The maximum atomic E-state index is 14.2. The van der Waals surface area contributed by atoms with Crippen LogP contribution in [0.3, 0.4) is 0 Å². The molecule has 0 saturated heterocycles. The second kappa shape index (κ2) is 11.7. The highest BCUT2D eigenvalue weighted by Crippen LogP contribution is 2.35. The summed E-state index contributed by atoms with van der Waals surface area (Å²) in [6.07, 6.45) is -6.98. The molecule has 3 rings (SSSR count). The van der Waals surface area contributed by atoms with Crippen LogP contribution in [0.5, 0.6) is 5.75 Å². The number of halogens is 8. The first-order valence-electron chi connectivity index (χ1n) is 11.0. The molecule has 2 N–H and O–H groups in total. The number of aliphatic hydroxyl groups is 1. The molecule has 1 atom stereocenters. The Balaban J connectivity index is 2.17. The van der Waals surface area contributed by atoms with Crippen LogP contribution < -0.4 is 15.0 Å². The maximum Gasteiger partial charge on any atom is 0.573 e. The summed E-state index contributed by atoms with van der Waals surface area (Å²) in [6, 6.07) is 9.90. The van der Waals surface area contributed by atoms with E-state index in [2.05, 4.69) is 4.74 Å². The van der Waals surface area contributed by atoms with E-state index < -0.39 is 76.1 Å². The number of alkyl halides is 3. The average molecular weight is 562 g/mol. The van der Waals surface area contributed by atoms with Crippen LogP contribution in [-0.2, 0) is 11.3 Å². The lowest BCUT2D eigenvalue weighted by Gasteiger charge is -2.28.